The molecule has 2 atom stereocenters. The average Bonchev–Trinajstić information content (AvgIpc) is 3.25. The number of amides is 1. The molecule has 6 heteroatoms. The first-order valence-corrected chi connectivity index (χ1v) is 12.9. The van der Waals surface area contributed by atoms with Crippen molar-refractivity contribution >= 4 is 5.91 Å². The molecular formula is C31H35F3N2O. The molecule has 1 fully saturated rings. The second kappa shape index (κ2) is 11.5. The van der Waals surface area contributed by atoms with E-state index in [9.17, 15) is 18.0 Å². The fraction of sp³-hybridized carbons (Fsp3) is 0.387. The zero-order valence-electron chi connectivity index (χ0n) is 21.7. The van der Waals surface area contributed by atoms with E-state index in [1.54, 1.807) is 6.07 Å². The first-order chi connectivity index (χ1) is 17.6. The number of benzene rings is 3. The van der Waals surface area contributed by atoms with E-state index < -0.39 is 11.7 Å². The first-order valence-electron chi connectivity index (χ1n) is 12.9. The predicted molar refractivity (Wildman–Crippen MR) is 141 cm³/mol. The maximum absolute atomic E-state index is 13.5. The van der Waals surface area contributed by atoms with Crippen molar-refractivity contribution in [1.82, 2.24) is 9.80 Å². The van der Waals surface area contributed by atoms with Gasteiger partial charge in [-0.25, -0.2) is 0 Å². The highest BCUT2D eigenvalue weighted by molar-refractivity contribution is 5.94. The fourth-order valence-electron chi connectivity index (χ4n) is 5.30. The molecule has 0 N–H and O–H groups in total. The van der Waals surface area contributed by atoms with Gasteiger partial charge in [-0.1, -0.05) is 80.1 Å². The largest absolute Gasteiger partial charge is 0.416 e. The van der Waals surface area contributed by atoms with Crippen molar-refractivity contribution in [3.63, 3.8) is 0 Å². The number of hydrogen-bond donors (Lipinski definition) is 0. The van der Waals surface area contributed by atoms with E-state index in [2.05, 4.69) is 30.9 Å². The fourth-order valence-corrected chi connectivity index (χ4v) is 5.30. The van der Waals surface area contributed by atoms with Gasteiger partial charge in [0.15, 0.2) is 0 Å². The van der Waals surface area contributed by atoms with E-state index in [1.807, 2.05) is 54.3 Å². The summed E-state index contributed by atoms with van der Waals surface area (Å²) in [6.45, 7) is 9.37. The second-order valence-corrected chi connectivity index (χ2v) is 10.6. The molecule has 1 aliphatic rings. The Morgan fingerprint density at radius 2 is 1.68 bits per heavy atom. The van der Waals surface area contributed by atoms with Gasteiger partial charge in [0.1, 0.15) is 0 Å². The van der Waals surface area contributed by atoms with Crippen LogP contribution in [0.3, 0.4) is 0 Å². The van der Waals surface area contributed by atoms with E-state index in [4.69, 9.17) is 0 Å². The Hall–Kier alpha value is -3.12. The maximum Gasteiger partial charge on any atom is 0.416 e. The van der Waals surface area contributed by atoms with Crippen LogP contribution in [0.15, 0.2) is 78.9 Å². The summed E-state index contributed by atoms with van der Waals surface area (Å²) in [7, 11) is 0. The molecular weight excluding hydrogens is 473 g/mol. The number of carbonyl (C=O) groups excluding carboxylic acids is 1. The summed E-state index contributed by atoms with van der Waals surface area (Å²) in [4.78, 5) is 17.7. The molecule has 3 aromatic carbocycles. The molecule has 1 heterocycles. The SMILES string of the molecule is Cc1ccc(C(=O)N(CC(C)C)C[C@@H]2CN(Cc3cccc(C(F)(F)F)c3)C[C@@H]2c2ccccc2)cc1. The quantitative estimate of drug-likeness (QED) is 0.326. The Balaban J connectivity index is 1.57. The Morgan fingerprint density at radius 3 is 2.32 bits per heavy atom. The summed E-state index contributed by atoms with van der Waals surface area (Å²) in [5, 5.41) is 0. The summed E-state index contributed by atoms with van der Waals surface area (Å²) in [5.41, 5.74) is 3.02. The van der Waals surface area contributed by atoms with Crippen molar-refractivity contribution in [2.24, 2.45) is 11.8 Å². The molecule has 196 valence electrons. The predicted octanol–water partition coefficient (Wildman–Crippen LogP) is 7.03. The number of nitrogens with zero attached hydrogens (tertiary/aromatic N) is 2. The normalized spacial score (nSPS) is 18.4. The number of alkyl halides is 3. The van der Waals surface area contributed by atoms with Crippen molar-refractivity contribution in [2.75, 3.05) is 26.2 Å². The van der Waals surface area contributed by atoms with Crippen LogP contribution >= 0.6 is 0 Å². The van der Waals surface area contributed by atoms with E-state index in [0.29, 0.717) is 43.2 Å². The maximum atomic E-state index is 13.5. The van der Waals surface area contributed by atoms with Crippen LogP contribution in [0.2, 0.25) is 0 Å². The van der Waals surface area contributed by atoms with Crippen LogP contribution in [0, 0.1) is 18.8 Å². The zero-order chi connectivity index (χ0) is 26.6. The number of aryl methyl sites for hydroxylation is 1. The average molecular weight is 509 g/mol. The lowest BCUT2D eigenvalue weighted by Gasteiger charge is -2.30. The number of rotatable bonds is 8. The Bertz CT molecular complexity index is 1180. The molecule has 0 bridgehead atoms. The zero-order valence-corrected chi connectivity index (χ0v) is 21.7. The van der Waals surface area contributed by atoms with Crippen molar-refractivity contribution in [3.05, 3.63) is 107 Å². The number of hydrogen-bond acceptors (Lipinski definition) is 2. The lowest BCUT2D eigenvalue weighted by atomic mass is 9.88. The molecule has 1 aliphatic heterocycles. The third-order valence-electron chi connectivity index (χ3n) is 7.03. The lowest BCUT2D eigenvalue weighted by molar-refractivity contribution is -0.137. The van der Waals surface area contributed by atoms with Crippen LogP contribution in [-0.2, 0) is 12.7 Å². The highest BCUT2D eigenvalue weighted by Crippen LogP contribution is 2.35. The minimum atomic E-state index is -4.36. The number of halogens is 3. The smallest absolute Gasteiger partial charge is 0.338 e. The molecule has 1 saturated heterocycles. The van der Waals surface area contributed by atoms with Crippen LogP contribution in [0.1, 0.15) is 52.4 Å². The third kappa shape index (κ3) is 7.01. The van der Waals surface area contributed by atoms with Crippen LogP contribution in [0.5, 0.6) is 0 Å². The molecule has 0 aliphatic carbocycles. The molecule has 0 unspecified atom stereocenters. The van der Waals surface area contributed by atoms with Crippen molar-refractivity contribution in [3.8, 4) is 0 Å². The van der Waals surface area contributed by atoms with Crippen LogP contribution in [-0.4, -0.2) is 41.9 Å². The summed E-state index contributed by atoms with van der Waals surface area (Å²) in [6.07, 6.45) is -4.36. The Labute approximate surface area is 217 Å². The van der Waals surface area contributed by atoms with Gasteiger partial charge in [0, 0.05) is 44.2 Å². The molecule has 1 amide bonds. The van der Waals surface area contributed by atoms with Gasteiger partial charge in [-0.3, -0.25) is 9.69 Å². The van der Waals surface area contributed by atoms with Gasteiger partial charge in [0.2, 0.25) is 0 Å². The topological polar surface area (TPSA) is 23.6 Å². The van der Waals surface area contributed by atoms with E-state index >= 15 is 0 Å². The molecule has 37 heavy (non-hydrogen) atoms. The summed E-state index contributed by atoms with van der Waals surface area (Å²) in [6, 6.07) is 23.5. The van der Waals surface area contributed by atoms with Crippen LogP contribution < -0.4 is 0 Å². The molecule has 3 nitrogen and oxygen atoms in total. The van der Waals surface area contributed by atoms with Gasteiger partial charge in [-0.15, -0.1) is 0 Å². The summed E-state index contributed by atoms with van der Waals surface area (Å²) in [5.74, 6) is 0.692. The van der Waals surface area contributed by atoms with Gasteiger partial charge < -0.3 is 4.90 Å². The highest BCUT2D eigenvalue weighted by Gasteiger charge is 2.36. The van der Waals surface area contributed by atoms with Crippen LogP contribution in [0.4, 0.5) is 13.2 Å². The second-order valence-electron chi connectivity index (χ2n) is 10.6. The van der Waals surface area contributed by atoms with Gasteiger partial charge in [0.25, 0.3) is 5.91 Å². The lowest BCUT2D eigenvalue weighted by Crippen LogP contribution is -2.39. The van der Waals surface area contributed by atoms with Crippen molar-refractivity contribution < 1.29 is 18.0 Å². The van der Waals surface area contributed by atoms with Gasteiger partial charge >= 0.3 is 6.18 Å². The minimum Gasteiger partial charge on any atom is -0.338 e. The van der Waals surface area contributed by atoms with Crippen LogP contribution in [0.25, 0.3) is 0 Å². The molecule has 4 rings (SSSR count). The van der Waals surface area contributed by atoms with E-state index in [1.165, 1.54) is 17.7 Å². The first kappa shape index (κ1) is 26.9. The number of likely N-dealkylation sites (tertiary alicyclic amines) is 1. The van der Waals surface area contributed by atoms with Gasteiger partial charge in [-0.2, -0.15) is 13.2 Å². The molecule has 0 aromatic heterocycles. The Morgan fingerprint density at radius 1 is 0.973 bits per heavy atom. The summed E-state index contributed by atoms with van der Waals surface area (Å²) >= 11 is 0. The summed E-state index contributed by atoms with van der Waals surface area (Å²) < 4.78 is 39.8. The third-order valence-corrected chi connectivity index (χ3v) is 7.03. The molecule has 3 aromatic rings. The van der Waals surface area contributed by atoms with Gasteiger partial charge in [-0.05, 0) is 48.1 Å². The van der Waals surface area contributed by atoms with Gasteiger partial charge in [0.05, 0.1) is 5.56 Å². The standard InChI is InChI=1S/C31H35F3N2O/c1-22(2)17-36(30(37)26-14-12-23(3)13-15-26)20-27-19-35(21-29(27)25-9-5-4-6-10-25)18-24-8-7-11-28(16-24)31(32,33)34/h4-16,22,27,29H,17-21H2,1-3H3/t27-,29+/m0/s1. The minimum absolute atomic E-state index is 0.0249. The highest BCUT2D eigenvalue weighted by atomic mass is 19.4. The monoisotopic (exact) mass is 508 g/mol. The van der Waals surface area contributed by atoms with Crippen molar-refractivity contribution in [1.29, 1.82) is 0 Å². The number of carbonyl (C=O) groups is 1. The Kier molecular flexibility index (Phi) is 8.38. The van der Waals surface area contributed by atoms with E-state index in [-0.39, 0.29) is 17.7 Å². The van der Waals surface area contributed by atoms with E-state index in [0.717, 1.165) is 18.2 Å². The molecule has 0 spiro atoms. The van der Waals surface area contributed by atoms with Crippen molar-refractivity contribution in [2.45, 2.75) is 39.4 Å². The molecule has 0 radical (unpaired) electrons. The molecule has 0 saturated carbocycles.